The summed E-state index contributed by atoms with van der Waals surface area (Å²) in [5.74, 6) is 0.187. The van der Waals surface area contributed by atoms with Gasteiger partial charge in [-0.1, -0.05) is 17.7 Å². The molecule has 50 valence electrons. The number of allylic oxidation sites excluding steroid dienone is 2. The largest absolute Gasteiger partial charge is 0.511 e. The lowest BCUT2D eigenvalue weighted by molar-refractivity contribution is 0.378. The van der Waals surface area contributed by atoms with E-state index in [2.05, 4.69) is 0 Å². The maximum atomic E-state index is 8.96. The van der Waals surface area contributed by atoms with Crippen LogP contribution in [0.1, 0.15) is 6.42 Å². The maximum Gasteiger partial charge on any atom is 0.113 e. The summed E-state index contributed by atoms with van der Waals surface area (Å²) in [4.78, 5) is 0. The molecule has 1 unspecified atom stereocenters. The molecule has 0 saturated carbocycles. The van der Waals surface area contributed by atoms with E-state index in [4.69, 9.17) is 22.4 Å². The van der Waals surface area contributed by atoms with Crippen molar-refractivity contribution in [3.05, 3.63) is 22.9 Å². The van der Waals surface area contributed by atoms with Gasteiger partial charge in [-0.3, -0.25) is 0 Å². The highest BCUT2D eigenvalue weighted by Crippen LogP contribution is 2.18. The van der Waals surface area contributed by atoms with Crippen LogP contribution in [0.15, 0.2) is 22.9 Å². The molecular formula is C6H8ClNO. The maximum absolute atomic E-state index is 8.96. The first-order chi connectivity index (χ1) is 4.20. The number of aliphatic hydroxyl groups excluding tert-OH is 1. The van der Waals surface area contributed by atoms with E-state index in [1.165, 1.54) is 0 Å². The minimum absolute atomic E-state index is 0.0764. The van der Waals surface area contributed by atoms with E-state index in [1.54, 1.807) is 12.2 Å². The first-order valence-corrected chi connectivity index (χ1v) is 3.09. The summed E-state index contributed by atoms with van der Waals surface area (Å²) in [6.07, 6.45) is 3.84. The van der Waals surface area contributed by atoms with Gasteiger partial charge in [0.1, 0.15) is 5.76 Å². The van der Waals surface area contributed by atoms with Gasteiger partial charge in [0.25, 0.3) is 0 Å². The van der Waals surface area contributed by atoms with Crippen molar-refractivity contribution in [3.8, 4) is 0 Å². The molecule has 0 spiro atoms. The molecule has 0 aromatic rings. The summed E-state index contributed by atoms with van der Waals surface area (Å²) >= 11 is 5.52. The first kappa shape index (κ1) is 6.65. The van der Waals surface area contributed by atoms with Crippen molar-refractivity contribution in [3.63, 3.8) is 0 Å². The molecule has 0 aromatic heterocycles. The van der Waals surface area contributed by atoms with Crippen LogP contribution in [-0.4, -0.2) is 11.1 Å². The van der Waals surface area contributed by atoms with Gasteiger partial charge < -0.3 is 10.8 Å². The first-order valence-electron chi connectivity index (χ1n) is 2.71. The minimum Gasteiger partial charge on any atom is -0.511 e. The molecule has 9 heavy (non-hydrogen) atoms. The van der Waals surface area contributed by atoms with Crippen molar-refractivity contribution in [2.75, 3.05) is 0 Å². The van der Waals surface area contributed by atoms with E-state index < -0.39 is 0 Å². The second-order valence-corrected chi connectivity index (χ2v) is 2.43. The molecule has 0 bridgehead atoms. The second-order valence-electron chi connectivity index (χ2n) is 2.02. The molecule has 3 N–H and O–H groups in total. The number of nitrogens with two attached hydrogens (primary N) is 1. The van der Waals surface area contributed by atoms with Crippen molar-refractivity contribution >= 4 is 11.6 Å². The molecule has 1 aliphatic carbocycles. The van der Waals surface area contributed by atoms with Crippen molar-refractivity contribution < 1.29 is 5.11 Å². The average molecular weight is 146 g/mol. The summed E-state index contributed by atoms with van der Waals surface area (Å²) in [6, 6.07) is -0.0764. The van der Waals surface area contributed by atoms with Gasteiger partial charge in [0.2, 0.25) is 0 Å². The summed E-state index contributed by atoms with van der Waals surface area (Å²) < 4.78 is 0. The van der Waals surface area contributed by atoms with Crippen molar-refractivity contribution in [1.82, 2.24) is 0 Å². The Balaban J connectivity index is 2.75. The Morgan fingerprint density at radius 2 is 2.44 bits per heavy atom. The Morgan fingerprint density at radius 1 is 1.78 bits per heavy atom. The average Bonchev–Trinajstić information content (AvgIpc) is 1.80. The molecule has 3 heteroatoms. The standard InChI is InChI=1S/C6H8ClNO/c7-5-2-1-4(8)3-6(5)9/h1-2,4,9H,3,8H2. The lowest BCUT2D eigenvalue weighted by atomic mass is 10.1. The molecule has 0 aliphatic heterocycles. The third-order valence-corrected chi connectivity index (χ3v) is 1.54. The number of aliphatic hydroxyl groups is 1. The highest BCUT2D eigenvalue weighted by atomic mass is 35.5. The summed E-state index contributed by atoms with van der Waals surface area (Å²) in [5.41, 5.74) is 5.45. The van der Waals surface area contributed by atoms with Crippen LogP contribution in [0, 0.1) is 0 Å². The summed E-state index contributed by atoms with van der Waals surface area (Å²) in [7, 11) is 0. The van der Waals surface area contributed by atoms with Crippen LogP contribution in [0.3, 0.4) is 0 Å². The number of halogens is 1. The fraction of sp³-hybridized carbons (Fsp3) is 0.333. The van der Waals surface area contributed by atoms with Crippen LogP contribution >= 0.6 is 11.6 Å². The van der Waals surface area contributed by atoms with Crippen LogP contribution in [0.5, 0.6) is 0 Å². The third-order valence-electron chi connectivity index (χ3n) is 1.19. The zero-order chi connectivity index (χ0) is 6.85. The van der Waals surface area contributed by atoms with Gasteiger partial charge in [-0.05, 0) is 6.08 Å². The number of rotatable bonds is 0. The molecule has 0 saturated heterocycles. The molecule has 0 radical (unpaired) electrons. The second kappa shape index (κ2) is 2.42. The minimum atomic E-state index is -0.0764. The normalized spacial score (nSPS) is 27.1. The monoisotopic (exact) mass is 145 g/mol. The molecule has 2 nitrogen and oxygen atoms in total. The van der Waals surface area contributed by atoms with Crippen LogP contribution < -0.4 is 5.73 Å². The van der Waals surface area contributed by atoms with Crippen LogP contribution in [0.2, 0.25) is 0 Å². The van der Waals surface area contributed by atoms with E-state index in [0.29, 0.717) is 11.5 Å². The number of hydrogen-bond acceptors (Lipinski definition) is 2. The molecule has 1 rings (SSSR count). The van der Waals surface area contributed by atoms with Crippen molar-refractivity contribution in [2.45, 2.75) is 12.5 Å². The van der Waals surface area contributed by atoms with Gasteiger partial charge in [-0.25, -0.2) is 0 Å². The molecule has 0 aromatic carbocycles. The Labute approximate surface area is 58.6 Å². The topological polar surface area (TPSA) is 46.2 Å². The zero-order valence-electron chi connectivity index (χ0n) is 4.84. The SMILES string of the molecule is NC1C=CC(Cl)=C(O)C1. The fourth-order valence-electron chi connectivity index (χ4n) is 0.693. The Kier molecular flexibility index (Phi) is 1.78. The lowest BCUT2D eigenvalue weighted by Gasteiger charge is -2.10. The molecule has 1 aliphatic rings. The summed E-state index contributed by atoms with van der Waals surface area (Å²) in [6.45, 7) is 0. The van der Waals surface area contributed by atoms with Gasteiger partial charge in [0.05, 0.1) is 5.03 Å². The molecule has 0 fully saturated rings. The predicted molar refractivity (Wildman–Crippen MR) is 37.2 cm³/mol. The molecule has 0 amide bonds. The van der Waals surface area contributed by atoms with Gasteiger partial charge in [-0.2, -0.15) is 0 Å². The Bertz CT molecular complexity index is 174. The van der Waals surface area contributed by atoms with Crippen LogP contribution in [0.25, 0.3) is 0 Å². The Hall–Kier alpha value is -0.470. The van der Waals surface area contributed by atoms with Gasteiger partial charge in [0, 0.05) is 12.5 Å². The summed E-state index contributed by atoms with van der Waals surface area (Å²) in [5, 5.41) is 9.36. The predicted octanol–water partition coefficient (Wildman–Crippen LogP) is 1.28. The quantitative estimate of drug-likeness (QED) is 0.540. The fourth-order valence-corrected chi connectivity index (χ4v) is 0.843. The lowest BCUT2D eigenvalue weighted by Crippen LogP contribution is -2.19. The Morgan fingerprint density at radius 3 is 2.89 bits per heavy atom. The van der Waals surface area contributed by atoms with E-state index in [0.717, 1.165) is 0 Å². The van der Waals surface area contributed by atoms with E-state index in [9.17, 15) is 0 Å². The van der Waals surface area contributed by atoms with Crippen molar-refractivity contribution in [2.24, 2.45) is 5.73 Å². The van der Waals surface area contributed by atoms with E-state index in [1.807, 2.05) is 0 Å². The van der Waals surface area contributed by atoms with Gasteiger partial charge in [-0.15, -0.1) is 0 Å². The molecular weight excluding hydrogens is 138 g/mol. The highest BCUT2D eigenvalue weighted by Gasteiger charge is 2.09. The van der Waals surface area contributed by atoms with Crippen molar-refractivity contribution in [1.29, 1.82) is 0 Å². The molecule has 1 atom stereocenters. The smallest absolute Gasteiger partial charge is 0.113 e. The zero-order valence-corrected chi connectivity index (χ0v) is 5.60. The van der Waals surface area contributed by atoms with E-state index in [-0.39, 0.29) is 11.8 Å². The number of hydrogen-bond donors (Lipinski definition) is 2. The van der Waals surface area contributed by atoms with Crippen LogP contribution in [0.4, 0.5) is 0 Å². The van der Waals surface area contributed by atoms with Gasteiger partial charge in [0.15, 0.2) is 0 Å². The highest BCUT2D eigenvalue weighted by molar-refractivity contribution is 6.31. The molecule has 0 heterocycles. The third kappa shape index (κ3) is 1.47. The van der Waals surface area contributed by atoms with E-state index >= 15 is 0 Å². The van der Waals surface area contributed by atoms with Crippen LogP contribution in [-0.2, 0) is 0 Å². The van der Waals surface area contributed by atoms with Gasteiger partial charge >= 0.3 is 0 Å².